The Morgan fingerprint density at radius 1 is 1.00 bits per heavy atom. The first-order chi connectivity index (χ1) is 12.9. The molecule has 27 heavy (non-hydrogen) atoms. The SMILES string of the molecule is CC(=O)Nc1ccc(C(=O)NCc2ccc(OCCCC(=O)O)cc2)cc1. The highest BCUT2D eigenvalue weighted by Gasteiger charge is 2.06. The maximum Gasteiger partial charge on any atom is 0.303 e. The first-order valence-electron chi connectivity index (χ1n) is 8.53. The lowest BCUT2D eigenvalue weighted by atomic mass is 10.1. The van der Waals surface area contributed by atoms with Gasteiger partial charge in [-0.2, -0.15) is 0 Å². The first kappa shape index (κ1) is 20.0. The average molecular weight is 370 g/mol. The quantitative estimate of drug-likeness (QED) is 0.589. The Morgan fingerprint density at radius 2 is 1.67 bits per heavy atom. The van der Waals surface area contributed by atoms with Crippen LogP contribution >= 0.6 is 0 Å². The summed E-state index contributed by atoms with van der Waals surface area (Å²) in [6.07, 6.45) is 0.532. The van der Waals surface area contributed by atoms with Gasteiger partial charge in [-0.25, -0.2) is 0 Å². The molecule has 142 valence electrons. The standard InChI is InChI=1S/C20H22N2O5/c1-14(23)22-17-8-6-16(7-9-17)20(26)21-13-15-4-10-18(11-5-15)27-12-2-3-19(24)25/h4-11H,2-3,12-13H2,1H3,(H,21,26)(H,22,23)(H,24,25). The molecule has 0 saturated heterocycles. The molecule has 2 aromatic carbocycles. The number of benzene rings is 2. The Labute approximate surface area is 157 Å². The van der Waals surface area contributed by atoms with Crippen molar-refractivity contribution in [2.45, 2.75) is 26.3 Å². The summed E-state index contributed by atoms with van der Waals surface area (Å²) in [5.41, 5.74) is 2.05. The number of aliphatic carboxylic acids is 1. The number of nitrogens with one attached hydrogen (secondary N) is 2. The van der Waals surface area contributed by atoms with E-state index in [2.05, 4.69) is 10.6 Å². The van der Waals surface area contributed by atoms with E-state index in [9.17, 15) is 14.4 Å². The highest BCUT2D eigenvalue weighted by Crippen LogP contribution is 2.13. The van der Waals surface area contributed by atoms with E-state index in [0.29, 0.717) is 36.6 Å². The van der Waals surface area contributed by atoms with Gasteiger partial charge in [0.05, 0.1) is 6.61 Å². The maximum absolute atomic E-state index is 12.2. The highest BCUT2D eigenvalue weighted by molar-refractivity contribution is 5.95. The van der Waals surface area contributed by atoms with Crippen molar-refractivity contribution in [1.29, 1.82) is 0 Å². The molecule has 0 saturated carbocycles. The van der Waals surface area contributed by atoms with Crippen molar-refractivity contribution in [3.63, 3.8) is 0 Å². The predicted octanol–water partition coefficient (Wildman–Crippen LogP) is 2.82. The molecule has 2 amide bonds. The molecule has 3 N–H and O–H groups in total. The molecule has 0 aliphatic rings. The van der Waals surface area contributed by atoms with Crippen LogP contribution in [0.2, 0.25) is 0 Å². The monoisotopic (exact) mass is 370 g/mol. The summed E-state index contributed by atoms with van der Waals surface area (Å²) < 4.78 is 5.46. The third-order valence-electron chi connectivity index (χ3n) is 3.65. The van der Waals surface area contributed by atoms with Crippen LogP contribution in [0.3, 0.4) is 0 Å². The second kappa shape index (κ2) is 9.96. The minimum Gasteiger partial charge on any atom is -0.494 e. The molecule has 0 atom stereocenters. The van der Waals surface area contributed by atoms with Crippen molar-refractivity contribution < 1.29 is 24.2 Å². The van der Waals surface area contributed by atoms with Crippen LogP contribution in [0.4, 0.5) is 5.69 Å². The molecule has 0 unspecified atom stereocenters. The molecule has 0 aliphatic heterocycles. The van der Waals surface area contributed by atoms with Gasteiger partial charge in [-0.15, -0.1) is 0 Å². The highest BCUT2D eigenvalue weighted by atomic mass is 16.5. The van der Waals surface area contributed by atoms with Gasteiger partial charge in [0.25, 0.3) is 5.91 Å². The summed E-state index contributed by atoms with van der Waals surface area (Å²) in [5, 5.41) is 14.0. The maximum atomic E-state index is 12.2. The second-order valence-corrected chi connectivity index (χ2v) is 5.93. The van der Waals surface area contributed by atoms with E-state index in [0.717, 1.165) is 5.56 Å². The van der Waals surface area contributed by atoms with Crippen LogP contribution in [0, 0.1) is 0 Å². The molecule has 0 aliphatic carbocycles. The van der Waals surface area contributed by atoms with Crippen LogP contribution in [0.25, 0.3) is 0 Å². The Kier molecular flexibility index (Phi) is 7.37. The molecule has 2 aromatic rings. The van der Waals surface area contributed by atoms with Crippen molar-refractivity contribution in [3.05, 3.63) is 59.7 Å². The van der Waals surface area contributed by atoms with Crippen molar-refractivity contribution in [3.8, 4) is 5.75 Å². The number of hydrogen-bond acceptors (Lipinski definition) is 4. The minimum atomic E-state index is -0.838. The van der Waals surface area contributed by atoms with Crippen LogP contribution in [0.15, 0.2) is 48.5 Å². The van der Waals surface area contributed by atoms with E-state index >= 15 is 0 Å². The van der Waals surface area contributed by atoms with Crippen molar-refractivity contribution in [2.75, 3.05) is 11.9 Å². The summed E-state index contributed by atoms with van der Waals surface area (Å²) in [6, 6.07) is 13.9. The summed E-state index contributed by atoms with van der Waals surface area (Å²) >= 11 is 0. The van der Waals surface area contributed by atoms with Gasteiger partial charge < -0.3 is 20.5 Å². The lowest BCUT2D eigenvalue weighted by Crippen LogP contribution is -2.22. The van der Waals surface area contributed by atoms with Gasteiger partial charge in [0, 0.05) is 31.1 Å². The number of carbonyl (C=O) groups excluding carboxylic acids is 2. The average Bonchev–Trinajstić information content (AvgIpc) is 2.64. The summed E-state index contributed by atoms with van der Waals surface area (Å²) in [6.45, 7) is 2.13. The van der Waals surface area contributed by atoms with E-state index in [-0.39, 0.29) is 18.2 Å². The fraction of sp³-hybridized carbons (Fsp3) is 0.250. The van der Waals surface area contributed by atoms with E-state index in [4.69, 9.17) is 9.84 Å². The van der Waals surface area contributed by atoms with Crippen LogP contribution in [0.1, 0.15) is 35.7 Å². The number of amides is 2. The van der Waals surface area contributed by atoms with Gasteiger partial charge in [0.2, 0.25) is 5.91 Å². The van der Waals surface area contributed by atoms with Crippen molar-refractivity contribution >= 4 is 23.5 Å². The zero-order valence-corrected chi connectivity index (χ0v) is 15.0. The number of hydrogen-bond donors (Lipinski definition) is 3. The minimum absolute atomic E-state index is 0.0793. The molecule has 0 radical (unpaired) electrons. The number of carboxylic acids is 1. The zero-order chi connectivity index (χ0) is 19.6. The smallest absolute Gasteiger partial charge is 0.303 e. The van der Waals surface area contributed by atoms with Crippen LogP contribution in [0.5, 0.6) is 5.75 Å². The van der Waals surface area contributed by atoms with Crippen LogP contribution in [-0.4, -0.2) is 29.5 Å². The Bertz CT molecular complexity index is 785. The Morgan fingerprint density at radius 3 is 2.26 bits per heavy atom. The molecule has 7 heteroatoms. The van der Waals surface area contributed by atoms with E-state index in [1.807, 2.05) is 12.1 Å². The molecule has 7 nitrogen and oxygen atoms in total. The summed E-state index contributed by atoms with van der Waals surface area (Å²) in [4.78, 5) is 33.6. The number of carbonyl (C=O) groups is 3. The molecular weight excluding hydrogens is 348 g/mol. The summed E-state index contributed by atoms with van der Waals surface area (Å²) in [5.74, 6) is -0.557. The molecule has 0 heterocycles. The molecule has 0 aromatic heterocycles. The Balaban J connectivity index is 1.79. The largest absolute Gasteiger partial charge is 0.494 e. The normalized spacial score (nSPS) is 10.1. The van der Waals surface area contributed by atoms with Crippen LogP contribution < -0.4 is 15.4 Å². The third kappa shape index (κ3) is 7.19. The van der Waals surface area contributed by atoms with Gasteiger partial charge in [0.1, 0.15) is 5.75 Å². The molecule has 0 bridgehead atoms. The van der Waals surface area contributed by atoms with Gasteiger partial charge in [-0.05, 0) is 48.4 Å². The number of carboxylic acid groups (broad SMARTS) is 1. The topological polar surface area (TPSA) is 105 Å². The number of ether oxygens (including phenoxy) is 1. The lowest BCUT2D eigenvalue weighted by molar-refractivity contribution is -0.137. The zero-order valence-electron chi connectivity index (χ0n) is 15.0. The van der Waals surface area contributed by atoms with Gasteiger partial charge in [-0.1, -0.05) is 12.1 Å². The fourth-order valence-corrected chi connectivity index (χ4v) is 2.31. The third-order valence-corrected chi connectivity index (χ3v) is 3.65. The first-order valence-corrected chi connectivity index (χ1v) is 8.53. The number of anilines is 1. The van der Waals surface area contributed by atoms with E-state index in [1.165, 1.54) is 6.92 Å². The fourth-order valence-electron chi connectivity index (χ4n) is 2.31. The summed E-state index contributed by atoms with van der Waals surface area (Å²) in [7, 11) is 0. The second-order valence-electron chi connectivity index (χ2n) is 5.93. The van der Waals surface area contributed by atoms with E-state index in [1.54, 1.807) is 36.4 Å². The lowest BCUT2D eigenvalue weighted by Gasteiger charge is -2.08. The molecule has 0 fully saturated rings. The number of rotatable bonds is 9. The van der Waals surface area contributed by atoms with Gasteiger partial charge in [0.15, 0.2) is 0 Å². The van der Waals surface area contributed by atoms with Gasteiger partial charge in [-0.3, -0.25) is 14.4 Å². The molecule has 0 spiro atoms. The molecule has 2 rings (SSSR count). The van der Waals surface area contributed by atoms with E-state index < -0.39 is 5.97 Å². The van der Waals surface area contributed by atoms with Crippen molar-refractivity contribution in [1.82, 2.24) is 5.32 Å². The molecular formula is C20H22N2O5. The van der Waals surface area contributed by atoms with Crippen molar-refractivity contribution in [2.24, 2.45) is 0 Å². The predicted molar refractivity (Wildman–Crippen MR) is 101 cm³/mol. The van der Waals surface area contributed by atoms with Gasteiger partial charge >= 0.3 is 5.97 Å². The van der Waals surface area contributed by atoms with Crippen LogP contribution in [-0.2, 0) is 16.1 Å². The Hall–Kier alpha value is -3.35.